The second-order valence-electron chi connectivity index (χ2n) is 5.92. The van der Waals surface area contributed by atoms with Crippen LogP contribution in [0.1, 0.15) is 21.1 Å². The summed E-state index contributed by atoms with van der Waals surface area (Å²) in [5.41, 5.74) is 1.33. The van der Waals surface area contributed by atoms with Crippen LogP contribution in [-0.4, -0.2) is 16.0 Å². The van der Waals surface area contributed by atoms with Crippen LogP contribution >= 0.6 is 11.3 Å². The van der Waals surface area contributed by atoms with Gasteiger partial charge < -0.3 is 14.6 Å². The molecule has 1 N–H and O–H groups in total. The zero-order chi connectivity index (χ0) is 19.2. The first-order valence-corrected chi connectivity index (χ1v) is 9.58. The van der Waals surface area contributed by atoms with Crippen molar-refractivity contribution < 1.29 is 14.1 Å². The molecule has 0 saturated heterocycles. The van der Waals surface area contributed by atoms with Crippen molar-refractivity contribution in [3.05, 3.63) is 88.4 Å². The number of rotatable bonds is 7. The fraction of sp³-hybridized carbons (Fsp3) is 0.0952. The Hall–Kier alpha value is -3.45. The monoisotopic (exact) mass is 391 g/mol. The number of hydrogen-bond donors (Lipinski definition) is 1. The highest BCUT2D eigenvalue weighted by molar-refractivity contribution is 7.09. The molecule has 0 fully saturated rings. The second kappa shape index (κ2) is 8.49. The molecule has 4 aromatic rings. The summed E-state index contributed by atoms with van der Waals surface area (Å²) in [5.74, 6) is 1.11. The molecule has 0 atom stereocenters. The minimum absolute atomic E-state index is 0.0784. The van der Waals surface area contributed by atoms with Crippen LogP contribution in [0.3, 0.4) is 0 Å². The smallest absolute Gasteiger partial charge is 0.264 e. The van der Waals surface area contributed by atoms with Crippen LogP contribution in [0, 0.1) is 0 Å². The molecule has 0 spiro atoms. The summed E-state index contributed by atoms with van der Waals surface area (Å²) < 4.78 is 11.0. The fourth-order valence-electron chi connectivity index (χ4n) is 2.61. The molecule has 6 nitrogen and oxygen atoms in total. The number of benzene rings is 2. The third-order valence-corrected chi connectivity index (χ3v) is 4.86. The Labute approximate surface area is 165 Å². The van der Waals surface area contributed by atoms with E-state index in [2.05, 4.69) is 15.5 Å². The number of amides is 1. The van der Waals surface area contributed by atoms with Crippen molar-refractivity contribution in [2.45, 2.75) is 13.2 Å². The van der Waals surface area contributed by atoms with Gasteiger partial charge in [-0.05, 0) is 23.6 Å². The summed E-state index contributed by atoms with van der Waals surface area (Å²) in [6.45, 7) is 0.560. The van der Waals surface area contributed by atoms with E-state index in [0.717, 1.165) is 10.4 Å². The van der Waals surface area contributed by atoms with E-state index in [0.29, 0.717) is 29.6 Å². The standard InChI is InChI=1S/C21H17N3O3S/c25-21(22-13-16-9-6-12-28-16)17-10-4-5-11-18(17)26-14-19-23-20(24-27-19)15-7-2-1-3-8-15/h1-12H,13-14H2,(H,22,25). The lowest BCUT2D eigenvalue weighted by Gasteiger charge is -2.10. The molecule has 140 valence electrons. The number of carbonyl (C=O) groups is 1. The van der Waals surface area contributed by atoms with E-state index in [9.17, 15) is 4.79 Å². The molecule has 2 aromatic heterocycles. The first-order chi connectivity index (χ1) is 13.8. The van der Waals surface area contributed by atoms with Gasteiger partial charge >= 0.3 is 0 Å². The van der Waals surface area contributed by atoms with Crippen LogP contribution < -0.4 is 10.1 Å². The van der Waals surface area contributed by atoms with Crippen molar-refractivity contribution in [3.8, 4) is 17.1 Å². The van der Waals surface area contributed by atoms with Crippen LogP contribution in [0.25, 0.3) is 11.4 Å². The molecule has 0 aliphatic rings. The van der Waals surface area contributed by atoms with Crippen LogP contribution in [-0.2, 0) is 13.2 Å². The molecule has 0 radical (unpaired) electrons. The van der Waals surface area contributed by atoms with Crippen LogP contribution in [0.5, 0.6) is 5.75 Å². The van der Waals surface area contributed by atoms with Gasteiger partial charge in [0.2, 0.25) is 5.82 Å². The Bertz CT molecular complexity index is 1050. The Morgan fingerprint density at radius 1 is 1.04 bits per heavy atom. The predicted octanol–water partition coefficient (Wildman–Crippen LogP) is 4.31. The molecule has 4 rings (SSSR count). The molecule has 0 aliphatic carbocycles. The highest BCUT2D eigenvalue weighted by Gasteiger charge is 2.14. The zero-order valence-corrected chi connectivity index (χ0v) is 15.7. The van der Waals surface area contributed by atoms with E-state index >= 15 is 0 Å². The van der Waals surface area contributed by atoms with E-state index in [4.69, 9.17) is 9.26 Å². The Morgan fingerprint density at radius 2 is 1.86 bits per heavy atom. The van der Waals surface area contributed by atoms with Gasteiger partial charge in [-0.1, -0.05) is 53.7 Å². The van der Waals surface area contributed by atoms with E-state index in [1.165, 1.54) is 0 Å². The third-order valence-electron chi connectivity index (χ3n) is 3.99. The van der Waals surface area contributed by atoms with Gasteiger partial charge in [0.15, 0.2) is 6.61 Å². The lowest BCUT2D eigenvalue weighted by atomic mass is 10.2. The molecular weight excluding hydrogens is 374 g/mol. The SMILES string of the molecule is O=C(NCc1cccs1)c1ccccc1OCc1nc(-c2ccccc2)no1. The minimum atomic E-state index is -0.195. The average molecular weight is 391 g/mol. The lowest BCUT2D eigenvalue weighted by molar-refractivity contribution is 0.0946. The number of para-hydroxylation sites is 1. The lowest BCUT2D eigenvalue weighted by Crippen LogP contribution is -2.23. The molecule has 0 unspecified atom stereocenters. The maximum atomic E-state index is 12.5. The number of nitrogens with zero attached hydrogens (tertiary/aromatic N) is 2. The van der Waals surface area contributed by atoms with Crippen molar-refractivity contribution in [3.63, 3.8) is 0 Å². The Balaban J connectivity index is 1.41. The zero-order valence-electron chi connectivity index (χ0n) is 14.9. The van der Waals surface area contributed by atoms with E-state index in [-0.39, 0.29) is 12.5 Å². The van der Waals surface area contributed by atoms with Crippen molar-refractivity contribution in [2.24, 2.45) is 0 Å². The molecule has 1 amide bonds. The maximum Gasteiger partial charge on any atom is 0.264 e. The van der Waals surface area contributed by atoms with Crippen molar-refractivity contribution >= 4 is 17.2 Å². The largest absolute Gasteiger partial charge is 0.483 e. The maximum absolute atomic E-state index is 12.5. The summed E-state index contributed by atoms with van der Waals surface area (Å²) in [6.07, 6.45) is 0. The van der Waals surface area contributed by atoms with Gasteiger partial charge in [0.05, 0.1) is 12.1 Å². The Kier molecular flexibility index (Phi) is 5.44. The quantitative estimate of drug-likeness (QED) is 0.508. The molecule has 7 heteroatoms. The first kappa shape index (κ1) is 17.9. The molecule has 2 aromatic carbocycles. The molecule has 28 heavy (non-hydrogen) atoms. The number of hydrogen-bond acceptors (Lipinski definition) is 6. The molecule has 2 heterocycles. The number of nitrogens with one attached hydrogen (secondary N) is 1. The normalized spacial score (nSPS) is 10.6. The predicted molar refractivity (Wildman–Crippen MR) is 106 cm³/mol. The van der Waals surface area contributed by atoms with E-state index < -0.39 is 0 Å². The number of carbonyl (C=O) groups excluding carboxylic acids is 1. The molecular formula is C21H17N3O3S. The molecule has 0 aliphatic heterocycles. The number of aromatic nitrogens is 2. The highest BCUT2D eigenvalue weighted by atomic mass is 32.1. The minimum Gasteiger partial charge on any atom is -0.483 e. The average Bonchev–Trinajstić information content (AvgIpc) is 3.43. The summed E-state index contributed by atoms with van der Waals surface area (Å²) in [6, 6.07) is 20.6. The van der Waals surface area contributed by atoms with Crippen molar-refractivity contribution in [2.75, 3.05) is 0 Å². The number of ether oxygens (including phenoxy) is 1. The topological polar surface area (TPSA) is 77.2 Å². The Morgan fingerprint density at radius 3 is 2.68 bits per heavy atom. The van der Waals surface area contributed by atoms with Crippen LogP contribution in [0.15, 0.2) is 76.6 Å². The van der Waals surface area contributed by atoms with Gasteiger partial charge in [-0.25, -0.2) is 0 Å². The van der Waals surface area contributed by atoms with Crippen LogP contribution in [0.4, 0.5) is 0 Å². The van der Waals surface area contributed by atoms with Gasteiger partial charge in [-0.3, -0.25) is 4.79 Å². The first-order valence-electron chi connectivity index (χ1n) is 8.70. The fourth-order valence-corrected chi connectivity index (χ4v) is 3.26. The van der Waals surface area contributed by atoms with Gasteiger partial charge in [0.25, 0.3) is 11.8 Å². The molecule has 0 bridgehead atoms. The van der Waals surface area contributed by atoms with Crippen molar-refractivity contribution in [1.29, 1.82) is 0 Å². The summed E-state index contributed by atoms with van der Waals surface area (Å²) in [7, 11) is 0. The summed E-state index contributed by atoms with van der Waals surface area (Å²) in [4.78, 5) is 18.0. The van der Waals surface area contributed by atoms with Crippen LogP contribution in [0.2, 0.25) is 0 Å². The van der Waals surface area contributed by atoms with Crippen molar-refractivity contribution in [1.82, 2.24) is 15.5 Å². The van der Waals surface area contributed by atoms with Gasteiger partial charge in [-0.15, -0.1) is 11.3 Å². The summed E-state index contributed by atoms with van der Waals surface area (Å²) in [5, 5.41) is 8.85. The second-order valence-corrected chi connectivity index (χ2v) is 6.96. The van der Waals surface area contributed by atoms with Gasteiger partial charge in [-0.2, -0.15) is 4.98 Å². The third kappa shape index (κ3) is 4.27. The van der Waals surface area contributed by atoms with Gasteiger partial charge in [0.1, 0.15) is 5.75 Å². The molecule has 0 saturated carbocycles. The highest BCUT2D eigenvalue weighted by Crippen LogP contribution is 2.21. The van der Waals surface area contributed by atoms with Gasteiger partial charge in [0, 0.05) is 10.4 Å². The van der Waals surface area contributed by atoms with E-state index in [1.807, 2.05) is 53.9 Å². The summed E-state index contributed by atoms with van der Waals surface area (Å²) >= 11 is 1.60. The number of thiophene rings is 1. The van der Waals surface area contributed by atoms with E-state index in [1.54, 1.807) is 29.5 Å².